The van der Waals surface area contributed by atoms with Crippen LogP contribution in [0, 0.1) is 0 Å². The number of hydrazone groups is 1. The van der Waals surface area contributed by atoms with Crippen LogP contribution in [0.15, 0.2) is 29.4 Å². The summed E-state index contributed by atoms with van der Waals surface area (Å²) in [6, 6.07) is 6.42. The number of anilines is 1. The van der Waals surface area contributed by atoms with Crippen molar-refractivity contribution in [2.24, 2.45) is 5.10 Å². The molecule has 0 fully saturated rings. The number of nitrogens with one attached hydrogen (secondary N) is 1. The standard InChI is InChI=1S/C11H11N5O2S/c12-11-16-15-10(19-11)5-9(18)14-13-6-7-1-3-8(17)4-2-7/h1-4,6,17H,5H2,(H2,12,16)(H,14,18). The lowest BCUT2D eigenvalue weighted by Crippen LogP contribution is -2.19. The smallest absolute Gasteiger partial charge is 0.247 e. The molecule has 0 saturated carbocycles. The maximum absolute atomic E-state index is 11.5. The summed E-state index contributed by atoms with van der Waals surface area (Å²) in [4.78, 5) is 11.5. The fourth-order valence-electron chi connectivity index (χ4n) is 1.25. The lowest BCUT2D eigenvalue weighted by molar-refractivity contribution is -0.120. The van der Waals surface area contributed by atoms with Crippen LogP contribution in [0.1, 0.15) is 10.6 Å². The van der Waals surface area contributed by atoms with Gasteiger partial charge < -0.3 is 10.8 Å². The number of nitrogens with two attached hydrogens (primary N) is 1. The van der Waals surface area contributed by atoms with Crippen LogP contribution in [-0.2, 0) is 11.2 Å². The normalized spacial score (nSPS) is 10.7. The topological polar surface area (TPSA) is 113 Å². The summed E-state index contributed by atoms with van der Waals surface area (Å²) in [7, 11) is 0. The van der Waals surface area contributed by atoms with E-state index in [0.29, 0.717) is 10.1 Å². The molecule has 1 heterocycles. The van der Waals surface area contributed by atoms with Crippen LogP contribution >= 0.6 is 11.3 Å². The molecule has 0 aliphatic rings. The molecule has 8 heteroatoms. The summed E-state index contributed by atoms with van der Waals surface area (Å²) in [6.07, 6.45) is 1.56. The van der Waals surface area contributed by atoms with E-state index in [1.54, 1.807) is 12.1 Å². The molecule has 1 aromatic heterocycles. The van der Waals surface area contributed by atoms with Crippen LogP contribution in [0.3, 0.4) is 0 Å². The van der Waals surface area contributed by atoms with E-state index in [-0.39, 0.29) is 18.1 Å². The SMILES string of the molecule is Nc1nnc(CC(=O)NN=Cc2ccc(O)cc2)s1. The van der Waals surface area contributed by atoms with Crippen LogP contribution in [0.2, 0.25) is 0 Å². The Labute approximate surface area is 112 Å². The Bertz CT molecular complexity index is 593. The highest BCUT2D eigenvalue weighted by atomic mass is 32.1. The van der Waals surface area contributed by atoms with Gasteiger partial charge in [0, 0.05) is 0 Å². The Hall–Kier alpha value is -2.48. The molecule has 0 aliphatic heterocycles. The minimum atomic E-state index is -0.300. The molecule has 1 amide bonds. The lowest BCUT2D eigenvalue weighted by atomic mass is 10.2. The van der Waals surface area contributed by atoms with Crippen LogP contribution in [0.4, 0.5) is 5.13 Å². The van der Waals surface area contributed by atoms with Gasteiger partial charge in [-0.05, 0) is 29.8 Å². The summed E-state index contributed by atoms with van der Waals surface area (Å²) >= 11 is 1.16. The van der Waals surface area contributed by atoms with Gasteiger partial charge in [-0.2, -0.15) is 5.10 Å². The van der Waals surface area contributed by atoms with Gasteiger partial charge in [0.05, 0.1) is 12.6 Å². The Morgan fingerprint density at radius 3 is 2.79 bits per heavy atom. The van der Waals surface area contributed by atoms with E-state index in [2.05, 4.69) is 20.7 Å². The van der Waals surface area contributed by atoms with Crippen molar-refractivity contribution in [3.63, 3.8) is 0 Å². The molecule has 7 nitrogen and oxygen atoms in total. The minimum absolute atomic E-state index is 0.0851. The van der Waals surface area contributed by atoms with Gasteiger partial charge in [0.15, 0.2) is 0 Å². The van der Waals surface area contributed by atoms with Gasteiger partial charge in [0.2, 0.25) is 11.0 Å². The summed E-state index contributed by atoms with van der Waals surface area (Å²) in [5, 5.41) is 21.1. The Morgan fingerprint density at radius 2 is 2.16 bits per heavy atom. The molecular formula is C11H11N5O2S. The molecule has 0 spiro atoms. The molecule has 2 rings (SSSR count). The highest BCUT2D eigenvalue weighted by Gasteiger charge is 2.06. The number of phenols is 1. The molecule has 0 saturated heterocycles. The minimum Gasteiger partial charge on any atom is -0.508 e. The number of carbonyl (C=O) groups is 1. The predicted molar refractivity (Wildman–Crippen MR) is 71.9 cm³/mol. The zero-order chi connectivity index (χ0) is 13.7. The molecule has 0 atom stereocenters. The lowest BCUT2D eigenvalue weighted by Gasteiger charge is -1.96. The average molecular weight is 277 g/mol. The molecule has 0 unspecified atom stereocenters. The van der Waals surface area contributed by atoms with Gasteiger partial charge >= 0.3 is 0 Å². The molecule has 0 aliphatic carbocycles. The second kappa shape index (κ2) is 5.91. The number of nitrogens with zero attached hydrogens (tertiary/aromatic N) is 3. The first-order valence-corrected chi connectivity index (χ1v) is 6.14. The second-order valence-corrected chi connectivity index (χ2v) is 4.69. The predicted octanol–water partition coefficient (Wildman–Crippen LogP) is 0.519. The van der Waals surface area contributed by atoms with E-state index in [4.69, 9.17) is 10.8 Å². The number of hydrogen-bond acceptors (Lipinski definition) is 7. The molecule has 0 bridgehead atoms. The van der Waals surface area contributed by atoms with Crippen molar-refractivity contribution in [3.8, 4) is 5.75 Å². The van der Waals surface area contributed by atoms with Crippen molar-refractivity contribution in [1.82, 2.24) is 15.6 Å². The van der Waals surface area contributed by atoms with Gasteiger partial charge in [-0.1, -0.05) is 11.3 Å². The number of carbonyl (C=O) groups excluding carboxylic acids is 1. The summed E-state index contributed by atoms with van der Waals surface area (Å²) < 4.78 is 0. The molecule has 0 radical (unpaired) electrons. The first kappa shape index (κ1) is 13.0. The zero-order valence-electron chi connectivity index (χ0n) is 9.78. The van der Waals surface area contributed by atoms with E-state index in [1.165, 1.54) is 18.3 Å². The monoisotopic (exact) mass is 277 g/mol. The molecule has 2 aromatic rings. The van der Waals surface area contributed by atoms with Crippen molar-refractivity contribution in [2.45, 2.75) is 6.42 Å². The fourth-order valence-corrected chi connectivity index (χ4v) is 1.86. The number of rotatable bonds is 4. The van der Waals surface area contributed by atoms with Gasteiger partial charge in [0.25, 0.3) is 0 Å². The maximum atomic E-state index is 11.5. The third-order valence-corrected chi connectivity index (χ3v) is 2.84. The van der Waals surface area contributed by atoms with Gasteiger partial charge in [-0.25, -0.2) is 5.43 Å². The van der Waals surface area contributed by atoms with Crippen molar-refractivity contribution in [1.29, 1.82) is 0 Å². The number of benzene rings is 1. The van der Waals surface area contributed by atoms with Crippen molar-refractivity contribution >= 4 is 28.6 Å². The van der Waals surface area contributed by atoms with Gasteiger partial charge in [-0.3, -0.25) is 4.79 Å². The van der Waals surface area contributed by atoms with E-state index >= 15 is 0 Å². The fraction of sp³-hybridized carbons (Fsp3) is 0.0909. The van der Waals surface area contributed by atoms with Crippen molar-refractivity contribution in [2.75, 3.05) is 5.73 Å². The largest absolute Gasteiger partial charge is 0.508 e. The number of aromatic nitrogens is 2. The van der Waals surface area contributed by atoms with Crippen LogP contribution in [0.5, 0.6) is 5.75 Å². The van der Waals surface area contributed by atoms with E-state index in [9.17, 15) is 4.79 Å². The van der Waals surface area contributed by atoms with Gasteiger partial charge in [-0.15, -0.1) is 10.2 Å². The molecule has 4 N–H and O–H groups in total. The van der Waals surface area contributed by atoms with Crippen LogP contribution in [-0.4, -0.2) is 27.4 Å². The number of amides is 1. The third kappa shape index (κ3) is 4.03. The number of phenolic OH excluding ortho intramolecular Hbond substituents is 1. The number of nitrogen functional groups attached to an aromatic ring is 1. The maximum Gasteiger partial charge on any atom is 0.247 e. The summed E-state index contributed by atoms with van der Waals surface area (Å²) in [5.41, 5.74) is 8.54. The quantitative estimate of drug-likeness (QED) is 0.557. The highest BCUT2D eigenvalue weighted by molar-refractivity contribution is 7.15. The number of hydrogen-bond donors (Lipinski definition) is 3. The van der Waals surface area contributed by atoms with E-state index in [0.717, 1.165) is 16.9 Å². The van der Waals surface area contributed by atoms with Crippen LogP contribution < -0.4 is 11.2 Å². The Balaban J connectivity index is 1.84. The molecular weight excluding hydrogens is 266 g/mol. The van der Waals surface area contributed by atoms with Crippen LogP contribution in [0.25, 0.3) is 0 Å². The van der Waals surface area contributed by atoms with Crippen molar-refractivity contribution in [3.05, 3.63) is 34.8 Å². The average Bonchev–Trinajstić information content (AvgIpc) is 2.77. The molecule has 19 heavy (non-hydrogen) atoms. The highest BCUT2D eigenvalue weighted by Crippen LogP contribution is 2.11. The molecule has 1 aromatic carbocycles. The second-order valence-electron chi connectivity index (χ2n) is 3.60. The van der Waals surface area contributed by atoms with E-state index in [1.807, 2.05) is 0 Å². The van der Waals surface area contributed by atoms with E-state index < -0.39 is 0 Å². The third-order valence-electron chi connectivity index (χ3n) is 2.09. The van der Waals surface area contributed by atoms with Crippen molar-refractivity contribution < 1.29 is 9.90 Å². The Morgan fingerprint density at radius 1 is 1.42 bits per heavy atom. The zero-order valence-corrected chi connectivity index (χ0v) is 10.6. The van der Waals surface area contributed by atoms with Gasteiger partial charge in [0.1, 0.15) is 10.8 Å². The first-order chi connectivity index (χ1) is 9.13. The number of aromatic hydroxyl groups is 1. The Kier molecular flexibility index (Phi) is 4.04. The summed E-state index contributed by atoms with van der Waals surface area (Å²) in [6.45, 7) is 0. The first-order valence-electron chi connectivity index (χ1n) is 5.32. The molecule has 98 valence electrons. The summed E-state index contributed by atoms with van der Waals surface area (Å²) in [5.74, 6) is -0.124.